The summed E-state index contributed by atoms with van der Waals surface area (Å²) in [5, 5.41) is 1.21. The normalized spacial score (nSPS) is 16.7. The van der Waals surface area contributed by atoms with Crippen molar-refractivity contribution in [2.45, 2.75) is 32.3 Å². The molecule has 1 aliphatic rings. The van der Waals surface area contributed by atoms with Crippen LogP contribution in [0.2, 0.25) is 0 Å². The van der Waals surface area contributed by atoms with Crippen molar-refractivity contribution in [1.82, 2.24) is 9.97 Å². The van der Waals surface area contributed by atoms with Gasteiger partial charge in [0.05, 0.1) is 33.1 Å². The Hall–Kier alpha value is -2.35. The molecule has 1 unspecified atom stereocenters. The number of ether oxygens (including phenoxy) is 1. The van der Waals surface area contributed by atoms with Gasteiger partial charge in [-0.2, -0.15) is 0 Å². The molecule has 29 heavy (non-hydrogen) atoms. The van der Waals surface area contributed by atoms with Crippen LogP contribution in [-0.2, 0) is 11.2 Å². The first-order valence-corrected chi connectivity index (χ1v) is 11.5. The van der Waals surface area contributed by atoms with E-state index in [9.17, 15) is 4.79 Å². The van der Waals surface area contributed by atoms with Gasteiger partial charge >= 0.3 is 0 Å². The van der Waals surface area contributed by atoms with Gasteiger partial charge in [-0.15, -0.1) is 11.3 Å². The third kappa shape index (κ3) is 3.66. The predicted molar refractivity (Wildman–Crippen MR) is 119 cm³/mol. The average Bonchev–Trinajstić information content (AvgIpc) is 3.49. The number of amides is 1. The minimum absolute atomic E-state index is 0.0477. The number of aryl methyl sites for hydroxylation is 1. The lowest BCUT2D eigenvalue weighted by atomic mass is 10.2. The number of benzene rings is 2. The number of para-hydroxylation sites is 1. The second kappa shape index (κ2) is 7.82. The maximum atomic E-state index is 13.5. The maximum Gasteiger partial charge on any atom is 0.289 e. The molecule has 1 saturated heterocycles. The van der Waals surface area contributed by atoms with Crippen LogP contribution in [0.4, 0.5) is 5.13 Å². The van der Waals surface area contributed by atoms with E-state index in [0.717, 1.165) is 46.3 Å². The molecule has 0 bridgehead atoms. The number of nitrogens with zero attached hydrogens (tertiary/aromatic N) is 3. The minimum atomic E-state index is -0.100. The van der Waals surface area contributed by atoms with Crippen molar-refractivity contribution in [1.29, 1.82) is 0 Å². The molecular weight excluding hydrogens is 402 g/mol. The highest BCUT2D eigenvalue weighted by Gasteiger charge is 2.28. The number of fused-ring (bicyclic) bond motifs is 2. The first-order chi connectivity index (χ1) is 14.2. The van der Waals surface area contributed by atoms with Crippen LogP contribution in [0.15, 0.2) is 42.5 Å². The van der Waals surface area contributed by atoms with Crippen molar-refractivity contribution in [3.63, 3.8) is 0 Å². The van der Waals surface area contributed by atoms with Gasteiger partial charge in [0.25, 0.3) is 5.91 Å². The molecular formula is C22H21N3O2S2. The van der Waals surface area contributed by atoms with E-state index in [0.29, 0.717) is 16.7 Å². The lowest BCUT2D eigenvalue weighted by Crippen LogP contribution is -2.37. The van der Waals surface area contributed by atoms with E-state index in [1.54, 1.807) is 16.2 Å². The van der Waals surface area contributed by atoms with Crippen molar-refractivity contribution in [2.24, 2.45) is 0 Å². The number of aromatic nitrogens is 2. The van der Waals surface area contributed by atoms with Crippen molar-refractivity contribution in [3.05, 3.63) is 53.0 Å². The van der Waals surface area contributed by atoms with Crippen LogP contribution >= 0.6 is 22.7 Å². The summed E-state index contributed by atoms with van der Waals surface area (Å²) in [5.74, 6) is -0.100. The Morgan fingerprint density at radius 3 is 2.79 bits per heavy atom. The number of anilines is 1. The summed E-state index contributed by atoms with van der Waals surface area (Å²) in [5.41, 5.74) is 3.06. The Morgan fingerprint density at radius 1 is 1.14 bits per heavy atom. The van der Waals surface area contributed by atoms with Gasteiger partial charge in [-0.1, -0.05) is 36.5 Å². The first kappa shape index (κ1) is 18.7. The average molecular weight is 424 g/mol. The van der Waals surface area contributed by atoms with E-state index in [1.807, 2.05) is 30.3 Å². The molecule has 0 saturated carbocycles. The van der Waals surface area contributed by atoms with Crippen LogP contribution in [0.5, 0.6) is 0 Å². The summed E-state index contributed by atoms with van der Waals surface area (Å²) in [6, 6.07) is 14.2. The van der Waals surface area contributed by atoms with Crippen molar-refractivity contribution < 1.29 is 9.53 Å². The zero-order chi connectivity index (χ0) is 19.8. The highest BCUT2D eigenvalue weighted by Crippen LogP contribution is 2.33. The number of thiazole rings is 2. The van der Waals surface area contributed by atoms with E-state index in [-0.39, 0.29) is 12.0 Å². The molecule has 4 aromatic rings. The predicted octanol–water partition coefficient (Wildman–Crippen LogP) is 5.29. The van der Waals surface area contributed by atoms with Crippen LogP contribution in [0.1, 0.15) is 35.1 Å². The van der Waals surface area contributed by atoms with Gasteiger partial charge in [-0.05, 0) is 49.1 Å². The quantitative estimate of drug-likeness (QED) is 0.437. The highest BCUT2D eigenvalue weighted by atomic mass is 32.1. The van der Waals surface area contributed by atoms with Crippen LogP contribution in [-0.4, -0.2) is 35.1 Å². The Kier molecular flexibility index (Phi) is 5.03. The molecule has 0 spiro atoms. The molecule has 5 nitrogen and oxygen atoms in total. The monoisotopic (exact) mass is 423 g/mol. The zero-order valence-corrected chi connectivity index (χ0v) is 17.8. The van der Waals surface area contributed by atoms with E-state index in [2.05, 4.69) is 24.0 Å². The maximum absolute atomic E-state index is 13.5. The lowest BCUT2D eigenvalue weighted by Gasteiger charge is -2.22. The van der Waals surface area contributed by atoms with Crippen molar-refractivity contribution in [2.75, 3.05) is 18.1 Å². The second-order valence-corrected chi connectivity index (χ2v) is 9.23. The molecule has 1 aliphatic heterocycles. The fourth-order valence-corrected chi connectivity index (χ4v) is 5.56. The highest BCUT2D eigenvalue weighted by molar-refractivity contribution is 7.23. The molecule has 1 fully saturated rings. The van der Waals surface area contributed by atoms with Crippen LogP contribution < -0.4 is 4.90 Å². The Bertz CT molecular complexity index is 1140. The van der Waals surface area contributed by atoms with E-state index in [4.69, 9.17) is 9.72 Å². The number of hydrogen-bond donors (Lipinski definition) is 0. The van der Waals surface area contributed by atoms with E-state index < -0.39 is 0 Å². The fourth-order valence-electron chi connectivity index (χ4n) is 3.61. The van der Waals surface area contributed by atoms with Gasteiger partial charge in [-0.3, -0.25) is 9.69 Å². The largest absolute Gasteiger partial charge is 0.376 e. The third-order valence-electron chi connectivity index (χ3n) is 5.21. The molecule has 7 heteroatoms. The Labute approximate surface area is 177 Å². The fraction of sp³-hybridized carbons (Fsp3) is 0.318. The lowest BCUT2D eigenvalue weighted by molar-refractivity contribution is 0.0917. The molecule has 0 aliphatic carbocycles. The van der Waals surface area contributed by atoms with Gasteiger partial charge in [-0.25, -0.2) is 9.97 Å². The summed E-state index contributed by atoms with van der Waals surface area (Å²) in [6.07, 6.45) is 3.03. The summed E-state index contributed by atoms with van der Waals surface area (Å²) < 4.78 is 7.95. The summed E-state index contributed by atoms with van der Waals surface area (Å²) in [6.45, 7) is 3.41. The number of carbonyl (C=O) groups excluding carboxylic acids is 1. The molecule has 148 valence electrons. The molecule has 1 atom stereocenters. The number of carbonyl (C=O) groups is 1. The zero-order valence-electron chi connectivity index (χ0n) is 16.1. The smallest absolute Gasteiger partial charge is 0.289 e. The topological polar surface area (TPSA) is 55.3 Å². The SMILES string of the molecule is CCc1ccc2nc(N(CC3CCCO3)C(=O)c3nc4ccccc4s3)sc2c1. The van der Waals surface area contributed by atoms with Crippen LogP contribution in [0.25, 0.3) is 20.4 Å². The van der Waals surface area contributed by atoms with Crippen molar-refractivity contribution >= 4 is 54.1 Å². The van der Waals surface area contributed by atoms with Gasteiger partial charge in [0.2, 0.25) is 0 Å². The summed E-state index contributed by atoms with van der Waals surface area (Å²) in [4.78, 5) is 24.6. The molecule has 5 rings (SSSR count). The van der Waals surface area contributed by atoms with Gasteiger partial charge < -0.3 is 4.74 Å². The molecule has 2 aromatic heterocycles. The Morgan fingerprint density at radius 2 is 2.00 bits per heavy atom. The van der Waals surface area contributed by atoms with Crippen LogP contribution in [0, 0.1) is 0 Å². The van der Waals surface area contributed by atoms with Crippen molar-refractivity contribution in [3.8, 4) is 0 Å². The summed E-state index contributed by atoms with van der Waals surface area (Å²) in [7, 11) is 0. The molecule has 0 radical (unpaired) electrons. The van der Waals surface area contributed by atoms with Gasteiger partial charge in [0.15, 0.2) is 10.1 Å². The number of hydrogen-bond acceptors (Lipinski definition) is 6. The van der Waals surface area contributed by atoms with Gasteiger partial charge in [0, 0.05) is 6.61 Å². The van der Waals surface area contributed by atoms with Crippen LogP contribution in [0.3, 0.4) is 0 Å². The van der Waals surface area contributed by atoms with E-state index >= 15 is 0 Å². The standard InChI is InChI=1S/C22H21N3O2S2/c1-2-14-9-10-17-19(12-14)29-22(24-17)25(13-15-6-5-11-27-15)21(26)20-23-16-7-3-4-8-18(16)28-20/h3-4,7-10,12,15H,2,5-6,11,13H2,1H3. The molecule has 1 amide bonds. The van der Waals surface area contributed by atoms with E-state index in [1.165, 1.54) is 16.9 Å². The molecule has 2 aromatic carbocycles. The second-order valence-electron chi connectivity index (χ2n) is 7.19. The minimum Gasteiger partial charge on any atom is -0.376 e. The molecule has 3 heterocycles. The molecule has 0 N–H and O–H groups in total. The number of rotatable bonds is 5. The first-order valence-electron chi connectivity index (χ1n) is 9.90. The Balaban J connectivity index is 1.54. The van der Waals surface area contributed by atoms with Gasteiger partial charge in [0.1, 0.15) is 0 Å². The summed E-state index contributed by atoms with van der Waals surface area (Å²) >= 11 is 3.00. The third-order valence-corrected chi connectivity index (χ3v) is 7.28.